The van der Waals surface area contributed by atoms with Crippen molar-refractivity contribution in [2.45, 2.75) is 39.0 Å². The molecule has 0 saturated heterocycles. The molecule has 6 aromatic rings. The number of carboxylic acid groups (broad SMARTS) is 1. The number of aromatic carboxylic acids is 1. The molecule has 0 fully saturated rings. The van der Waals surface area contributed by atoms with Gasteiger partial charge in [0.15, 0.2) is 0 Å². The highest BCUT2D eigenvalue weighted by Gasteiger charge is 2.18. The molecule has 0 radical (unpaired) electrons. The Morgan fingerprint density at radius 1 is 0.549 bits per heavy atom. The minimum absolute atomic E-state index is 0.225. The van der Waals surface area contributed by atoms with E-state index in [2.05, 4.69) is 95.8 Å². The maximum atomic E-state index is 12.1. The summed E-state index contributed by atoms with van der Waals surface area (Å²) >= 11 is 0. The van der Waals surface area contributed by atoms with Crippen molar-refractivity contribution >= 4 is 52.3 Å². The second-order valence-electron chi connectivity index (χ2n) is 13.0. The second kappa shape index (κ2) is 13.9. The van der Waals surface area contributed by atoms with Crippen LogP contribution in [0.2, 0.25) is 0 Å². The minimum atomic E-state index is -0.969. The predicted molar refractivity (Wildman–Crippen MR) is 210 cm³/mol. The first-order valence-corrected chi connectivity index (χ1v) is 17.7. The van der Waals surface area contributed by atoms with Crippen molar-refractivity contribution in [1.29, 1.82) is 0 Å². The van der Waals surface area contributed by atoms with Gasteiger partial charge in [0.2, 0.25) is 0 Å². The third-order valence-electron chi connectivity index (χ3n) is 9.67. The number of nitrogens with zero attached hydrogens (tertiary/aromatic N) is 2. The zero-order chi connectivity index (χ0) is 34.7. The summed E-state index contributed by atoms with van der Waals surface area (Å²) in [4.78, 5) is 30.2. The van der Waals surface area contributed by atoms with Gasteiger partial charge in [0, 0.05) is 44.3 Å². The Labute approximate surface area is 296 Å². The van der Waals surface area contributed by atoms with Crippen LogP contribution in [0, 0.1) is 0 Å². The number of fused-ring (bicyclic) bond motifs is 8. The number of unbranched alkanes of at least 4 members (excludes halogenated alkanes) is 3. The molecular formula is C45H38N4O2. The van der Waals surface area contributed by atoms with E-state index in [9.17, 15) is 9.90 Å². The van der Waals surface area contributed by atoms with Crippen molar-refractivity contribution in [2.75, 3.05) is 0 Å². The molecule has 8 bridgehead atoms. The molecule has 6 nitrogen and oxygen atoms in total. The lowest BCUT2D eigenvalue weighted by Gasteiger charge is -2.07. The number of rotatable bonds is 9. The van der Waals surface area contributed by atoms with Gasteiger partial charge in [0.25, 0.3) is 0 Å². The van der Waals surface area contributed by atoms with Crippen molar-refractivity contribution in [3.63, 3.8) is 0 Å². The van der Waals surface area contributed by atoms with Crippen LogP contribution in [0.5, 0.6) is 0 Å². The first kappa shape index (κ1) is 32.0. The van der Waals surface area contributed by atoms with Crippen LogP contribution in [0.3, 0.4) is 0 Å². The van der Waals surface area contributed by atoms with Crippen LogP contribution >= 0.6 is 0 Å². The summed E-state index contributed by atoms with van der Waals surface area (Å²) < 4.78 is 0. The van der Waals surface area contributed by atoms with Crippen molar-refractivity contribution in [1.82, 2.24) is 19.9 Å². The molecule has 5 heterocycles. The lowest BCUT2D eigenvalue weighted by atomic mass is 10.0. The Morgan fingerprint density at radius 3 is 1.61 bits per heavy atom. The molecule has 0 atom stereocenters. The van der Waals surface area contributed by atoms with Crippen molar-refractivity contribution in [3.8, 4) is 33.4 Å². The smallest absolute Gasteiger partial charge is 0.335 e. The molecule has 51 heavy (non-hydrogen) atoms. The van der Waals surface area contributed by atoms with E-state index in [1.54, 1.807) is 18.2 Å². The molecule has 6 heteroatoms. The van der Waals surface area contributed by atoms with Gasteiger partial charge >= 0.3 is 5.97 Å². The van der Waals surface area contributed by atoms with Gasteiger partial charge in [-0.15, -0.1) is 0 Å². The lowest BCUT2D eigenvalue weighted by molar-refractivity contribution is 0.0697. The van der Waals surface area contributed by atoms with Crippen LogP contribution in [0.25, 0.3) is 79.8 Å². The van der Waals surface area contributed by atoms with Crippen LogP contribution in [-0.4, -0.2) is 31.0 Å². The highest BCUT2D eigenvalue weighted by Crippen LogP contribution is 2.37. The van der Waals surface area contributed by atoms with Crippen LogP contribution in [0.15, 0.2) is 109 Å². The van der Waals surface area contributed by atoms with Gasteiger partial charge in [-0.05, 0) is 90.2 Å². The quantitative estimate of drug-likeness (QED) is 0.134. The summed E-state index contributed by atoms with van der Waals surface area (Å²) in [6.07, 6.45) is 13.8. The number of aromatic amines is 2. The number of hydrogen-bond acceptors (Lipinski definition) is 3. The average Bonchev–Trinajstić information content (AvgIpc) is 4.00. The molecule has 0 amide bonds. The molecule has 2 aliphatic heterocycles. The van der Waals surface area contributed by atoms with E-state index < -0.39 is 5.97 Å². The molecule has 0 spiro atoms. The Bertz CT molecular complexity index is 2490. The van der Waals surface area contributed by atoms with Crippen molar-refractivity contribution < 1.29 is 9.90 Å². The molecule has 3 N–H and O–H groups in total. The third-order valence-corrected chi connectivity index (χ3v) is 9.67. The number of hydrogen-bond donors (Lipinski definition) is 3. The van der Waals surface area contributed by atoms with E-state index in [4.69, 9.17) is 9.97 Å². The van der Waals surface area contributed by atoms with E-state index >= 15 is 0 Å². The summed E-state index contributed by atoms with van der Waals surface area (Å²) in [7, 11) is 0. The molecule has 3 aromatic carbocycles. The fraction of sp³-hybridized carbons (Fsp3) is 0.133. The first-order chi connectivity index (χ1) is 25.1. The molecule has 8 rings (SSSR count). The van der Waals surface area contributed by atoms with Crippen LogP contribution in [0.1, 0.15) is 71.3 Å². The largest absolute Gasteiger partial charge is 0.478 e. The average molecular weight is 667 g/mol. The summed E-state index contributed by atoms with van der Waals surface area (Å²) in [5, 5.41) is 9.91. The number of H-pyrrole nitrogens is 2. The van der Waals surface area contributed by atoms with E-state index in [1.807, 2.05) is 36.4 Å². The van der Waals surface area contributed by atoms with Gasteiger partial charge < -0.3 is 15.1 Å². The molecule has 0 saturated carbocycles. The number of carbonyl (C=O) groups is 1. The lowest BCUT2D eigenvalue weighted by Crippen LogP contribution is -1.96. The van der Waals surface area contributed by atoms with Crippen LogP contribution in [-0.2, 0) is 6.42 Å². The molecule has 0 aliphatic carbocycles. The maximum Gasteiger partial charge on any atom is 0.335 e. The van der Waals surface area contributed by atoms with Crippen molar-refractivity contribution in [3.05, 3.63) is 143 Å². The zero-order valence-corrected chi connectivity index (χ0v) is 28.5. The molecule has 0 unspecified atom stereocenters. The second-order valence-corrected chi connectivity index (χ2v) is 13.0. The minimum Gasteiger partial charge on any atom is -0.478 e. The van der Waals surface area contributed by atoms with Gasteiger partial charge in [-0.2, -0.15) is 0 Å². The van der Waals surface area contributed by atoms with Gasteiger partial charge in [0.05, 0.1) is 28.3 Å². The highest BCUT2D eigenvalue weighted by molar-refractivity contribution is 5.98. The van der Waals surface area contributed by atoms with Crippen LogP contribution < -0.4 is 0 Å². The fourth-order valence-electron chi connectivity index (χ4n) is 7.18. The molecule has 2 aliphatic rings. The Kier molecular flexibility index (Phi) is 8.73. The normalized spacial score (nSPS) is 12.0. The zero-order valence-electron chi connectivity index (χ0n) is 28.5. The number of nitrogens with one attached hydrogen (secondary N) is 2. The van der Waals surface area contributed by atoms with Gasteiger partial charge in [0.1, 0.15) is 0 Å². The summed E-state index contributed by atoms with van der Waals surface area (Å²) in [6.45, 7) is 2.23. The summed E-state index contributed by atoms with van der Waals surface area (Å²) in [5.74, 6) is -0.969. The summed E-state index contributed by atoms with van der Waals surface area (Å²) in [5.41, 5.74) is 14.3. The summed E-state index contributed by atoms with van der Waals surface area (Å²) in [6, 6.07) is 36.3. The van der Waals surface area contributed by atoms with Gasteiger partial charge in [-0.25, -0.2) is 14.8 Å². The Balaban J connectivity index is 1.51. The predicted octanol–water partition coefficient (Wildman–Crippen LogP) is 11.5. The molecule has 3 aromatic heterocycles. The number of carboxylic acids is 1. The monoisotopic (exact) mass is 666 g/mol. The first-order valence-electron chi connectivity index (χ1n) is 17.7. The Morgan fingerprint density at radius 2 is 1.04 bits per heavy atom. The van der Waals surface area contributed by atoms with E-state index in [-0.39, 0.29) is 5.56 Å². The van der Waals surface area contributed by atoms with E-state index in [0.29, 0.717) is 0 Å². The standard InChI is InChI=1S/C45H38N4O2/c1-2-3-4-11-19-33-34-20-22-36(46-34)42(29-13-7-5-8-14-29)37-24-25-38(48-37)43(30-15-9-6-10-16-30)39-26-27-41(49-39)44(40-23-21-35(33)47-40)31-17-12-18-32(28-31)45(50)51/h5-10,12-18,20-28,47-48H,2-4,11,19H2,1H3,(H,50,51). The van der Waals surface area contributed by atoms with Crippen LogP contribution in [0.4, 0.5) is 0 Å². The topological polar surface area (TPSA) is 94.7 Å². The molecule has 250 valence electrons. The highest BCUT2D eigenvalue weighted by atomic mass is 16.4. The molecular weight excluding hydrogens is 629 g/mol. The van der Waals surface area contributed by atoms with Gasteiger partial charge in [-0.1, -0.05) is 99.0 Å². The number of benzene rings is 3. The maximum absolute atomic E-state index is 12.1. The Hall–Kier alpha value is -6.27. The van der Waals surface area contributed by atoms with Crippen molar-refractivity contribution in [2.24, 2.45) is 0 Å². The van der Waals surface area contributed by atoms with E-state index in [1.165, 1.54) is 12.8 Å². The SMILES string of the molecule is CCCCCCc1c2nc(c(-c3ccccc3)c3ccc([nH]3)c(-c3ccccc3)c3nc(c(-c4cccc(C(=O)O)c4)c4ccc1[nH]4)C=C3)C=C2. The van der Waals surface area contributed by atoms with E-state index in [0.717, 1.165) is 103 Å². The third kappa shape index (κ3) is 6.32. The number of aryl methyl sites for hydroxylation is 1. The number of aromatic nitrogens is 4. The fourth-order valence-corrected chi connectivity index (χ4v) is 7.18. The van der Waals surface area contributed by atoms with Gasteiger partial charge in [-0.3, -0.25) is 0 Å².